The summed E-state index contributed by atoms with van der Waals surface area (Å²) in [6, 6.07) is 13.3. The van der Waals surface area contributed by atoms with Crippen molar-refractivity contribution < 1.29 is 9.59 Å². The van der Waals surface area contributed by atoms with Gasteiger partial charge in [0.2, 0.25) is 5.91 Å². The molecule has 28 heavy (non-hydrogen) atoms. The van der Waals surface area contributed by atoms with Crippen LogP contribution in [0.25, 0.3) is 0 Å². The number of nitrogens with one attached hydrogen (secondary N) is 2. The second-order valence-corrected chi connectivity index (χ2v) is 7.15. The summed E-state index contributed by atoms with van der Waals surface area (Å²) in [5, 5.41) is 6.02. The van der Waals surface area contributed by atoms with Crippen LogP contribution in [-0.4, -0.2) is 36.3 Å². The molecule has 0 radical (unpaired) electrons. The van der Waals surface area contributed by atoms with E-state index in [4.69, 9.17) is 0 Å². The molecule has 0 spiro atoms. The number of amides is 2. The molecular formula is C23H31N3O2. The van der Waals surface area contributed by atoms with Gasteiger partial charge in [0, 0.05) is 30.0 Å². The highest BCUT2D eigenvalue weighted by Gasteiger charge is 2.15. The van der Waals surface area contributed by atoms with Gasteiger partial charge in [0.1, 0.15) is 0 Å². The van der Waals surface area contributed by atoms with Gasteiger partial charge in [-0.3, -0.25) is 9.59 Å². The van der Waals surface area contributed by atoms with Gasteiger partial charge in [-0.1, -0.05) is 26.0 Å². The molecule has 2 amide bonds. The molecular weight excluding hydrogens is 350 g/mol. The highest BCUT2D eigenvalue weighted by molar-refractivity contribution is 5.98. The average molecular weight is 382 g/mol. The summed E-state index contributed by atoms with van der Waals surface area (Å²) < 4.78 is 0. The fourth-order valence-corrected chi connectivity index (χ4v) is 3.23. The SMILES string of the molecule is CCCN(CCC)C(=O)c1cccc(NC(=O)CNc2cc(C)cc(C)c2)c1. The van der Waals surface area contributed by atoms with Crippen LogP contribution >= 0.6 is 0 Å². The van der Waals surface area contributed by atoms with Crippen molar-refractivity contribution in [3.8, 4) is 0 Å². The van der Waals surface area contributed by atoms with Gasteiger partial charge in [-0.25, -0.2) is 0 Å². The van der Waals surface area contributed by atoms with Crippen LogP contribution in [0.15, 0.2) is 42.5 Å². The minimum Gasteiger partial charge on any atom is -0.376 e. The van der Waals surface area contributed by atoms with Crippen LogP contribution in [0.2, 0.25) is 0 Å². The quantitative estimate of drug-likeness (QED) is 0.666. The minimum absolute atomic E-state index is 0.00756. The summed E-state index contributed by atoms with van der Waals surface area (Å²) in [6.07, 6.45) is 1.85. The van der Waals surface area contributed by atoms with Crippen LogP contribution < -0.4 is 10.6 Å². The van der Waals surface area contributed by atoms with E-state index >= 15 is 0 Å². The Bertz CT molecular complexity index is 791. The molecule has 0 atom stereocenters. The highest BCUT2D eigenvalue weighted by Crippen LogP contribution is 2.15. The summed E-state index contributed by atoms with van der Waals surface area (Å²) in [5.74, 6) is -0.143. The number of rotatable bonds is 9. The number of carbonyl (C=O) groups is 2. The van der Waals surface area contributed by atoms with E-state index in [2.05, 4.69) is 30.5 Å². The topological polar surface area (TPSA) is 61.4 Å². The third-order valence-corrected chi connectivity index (χ3v) is 4.34. The van der Waals surface area contributed by atoms with Gasteiger partial charge in [-0.2, -0.15) is 0 Å². The van der Waals surface area contributed by atoms with Crippen molar-refractivity contribution in [1.82, 2.24) is 4.90 Å². The van der Waals surface area contributed by atoms with Crippen LogP contribution in [0.3, 0.4) is 0 Å². The molecule has 0 unspecified atom stereocenters. The van der Waals surface area contributed by atoms with Gasteiger partial charge in [-0.15, -0.1) is 0 Å². The van der Waals surface area contributed by atoms with Gasteiger partial charge in [0.25, 0.3) is 5.91 Å². The number of hydrogen-bond acceptors (Lipinski definition) is 3. The standard InChI is InChI=1S/C23H31N3O2/c1-5-10-26(11-6-2)23(28)19-8-7-9-20(15-19)25-22(27)16-24-21-13-17(3)12-18(4)14-21/h7-9,12-15,24H,5-6,10-11,16H2,1-4H3,(H,25,27). The van der Waals surface area contributed by atoms with E-state index < -0.39 is 0 Å². The van der Waals surface area contributed by atoms with Crippen molar-refractivity contribution in [3.05, 3.63) is 59.2 Å². The lowest BCUT2D eigenvalue weighted by molar-refractivity contribution is -0.114. The van der Waals surface area contributed by atoms with Gasteiger partial charge in [0.05, 0.1) is 6.54 Å². The molecule has 5 nitrogen and oxygen atoms in total. The van der Waals surface area contributed by atoms with Crippen molar-refractivity contribution in [3.63, 3.8) is 0 Å². The largest absolute Gasteiger partial charge is 0.376 e. The maximum atomic E-state index is 12.7. The second kappa shape index (κ2) is 10.5. The Morgan fingerprint density at radius 2 is 1.54 bits per heavy atom. The number of anilines is 2. The van der Waals surface area contributed by atoms with E-state index in [0.29, 0.717) is 11.3 Å². The molecule has 5 heteroatoms. The Morgan fingerprint density at radius 1 is 0.893 bits per heavy atom. The first kappa shape index (κ1) is 21.5. The predicted octanol–water partition coefficient (Wildman–Crippen LogP) is 4.62. The molecule has 2 aromatic carbocycles. The first-order chi connectivity index (χ1) is 13.4. The van der Waals surface area contributed by atoms with Crippen LogP contribution in [-0.2, 0) is 4.79 Å². The van der Waals surface area contributed by atoms with E-state index in [1.54, 1.807) is 24.3 Å². The lowest BCUT2D eigenvalue weighted by Gasteiger charge is -2.21. The first-order valence-electron chi connectivity index (χ1n) is 9.94. The van der Waals surface area contributed by atoms with Gasteiger partial charge in [-0.05, 0) is 68.1 Å². The molecule has 0 aromatic heterocycles. The minimum atomic E-state index is -0.150. The van der Waals surface area contributed by atoms with Crippen LogP contribution in [0.1, 0.15) is 48.2 Å². The lowest BCUT2D eigenvalue weighted by atomic mass is 10.1. The molecule has 150 valence electrons. The summed E-state index contributed by atoms with van der Waals surface area (Å²) in [4.78, 5) is 26.9. The number of hydrogen-bond donors (Lipinski definition) is 2. The first-order valence-corrected chi connectivity index (χ1v) is 9.94. The second-order valence-electron chi connectivity index (χ2n) is 7.15. The lowest BCUT2D eigenvalue weighted by Crippen LogP contribution is -2.32. The Morgan fingerprint density at radius 3 is 2.14 bits per heavy atom. The third-order valence-electron chi connectivity index (χ3n) is 4.34. The number of benzene rings is 2. The molecule has 0 fully saturated rings. The molecule has 0 saturated heterocycles. The molecule has 0 bridgehead atoms. The molecule has 2 aromatic rings. The van der Waals surface area contributed by atoms with Crippen molar-refractivity contribution in [2.45, 2.75) is 40.5 Å². The number of nitrogens with zero attached hydrogens (tertiary/aromatic N) is 1. The predicted molar refractivity (Wildman–Crippen MR) is 116 cm³/mol. The molecule has 0 aliphatic rings. The molecule has 0 aliphatic heterocycles. The van der Waals surface area contributed by atoms with E-state index in [1.165, 1.54) is 0 Å². The average Bonchev–Trinajstić information content (AvgIpc) is 2.65. The Balaban J connectivity index is 1.99. The monoisotopic (exact) mass is 381 g/mol. The summed E-state index contributed by atoms with van der Waals surface area (Å²) in [7, 11) is 0. The Labute approximate surface area is 168 Å². The summed E-state index contributed by atoms with van der Waals surface area (Å²) >= 11 is 0. The highest BCUT2D eigenvalue weighted by atomic mass is 16.2. The van der Waals surface area contributed by atoms with E-state index in [9.17, 15) is 9.59 Å². The van der Waals surface area contributed by atoms with Gasteiger partial charge in [0.15, 0.2) is 0 Å². The maximum Gasteiger partial charge on any atom is 0.253 e. The molecule has 0 aliphatic carbocycles. The van der Waals surface area contributed by atoms with Crippen LogP contribution in [0, 0.1) is 13.8 Å². The van der Waals surface area contributed by atoms with Crippen molar-refractivity contribution in [1.29, 1.82) is 0 Å². The zero-order valence-corrected chi connectivity index (χ0v) is 17.3. The third kappa shape index (κ3) is 6.41. The zero-order chi connectivity index (χ0) is 20.5. The van der Waals surface area contributed by atoms with E-state index in [-0.39, 0.29) is 18.4 Å². The summed E-state index contributed by atoms with van der Waals surface area (Å²) in [5.41, 5.74) is 4.45. The fraction of sp³-hybridized carbons (Fsp3) is 0.391. The molecule has 2 rings (SSSR count). The Hall–Kier alpha value is -2.82. The Kier molecular flexibility index (Phi) is 8.05. The van der Waals surface area contributed by atoms with E-state index in [1.807, 2.05) is 30.9 Å². The van der Waals surface area contributed by atoms with Gasteiger partial charge >= 0.3 is 0 Å². The van der Waals surface area contributed by atoms with Crippen LogP contribution in [0.5, 0.6) is 0 Å². The summed E-state index contributed by atoms with van der Waals surface area (Å²) in [6.45, 7) is 9.83. The zero-order valence-electron chi connectivity index (χ0n) is 17.3. The maximum absolute atomic E-state index is 12.7. The normalized spacial score (nSPS) is 10.4. The van der Waals surface area contributed by atoms with E-state index in [0.717, 1.165) is 42.7 Å². The molecule has 0 saturated carbocycles. The van der Waals surface area contributed by atoms with Crippen molar-refractivity contribution in [2.75, 3.05) is 30.3 Å². The van der Waals surface area contributed by atoms with Crippen molar-refractivity contribution >= 4 is 23.2 Å². The van der Waals surface area contributed by atoms with Crippen molar-refractivity contribution in [2.24, 2.45) is 0 Å². The smallest absolute Gasteiger partial charge is 0.253 e. The molecule has 2 N–H and O–H groups in total. The number of carbonyl (C=O) groups excluding carboxylic acids is 2. The van der Waals surface area contributed by atoms with Gasteiger partial charge < -0.3 is 15.5 Å². The molecule has 0 heterocycles. The fourth-order valence-electron chi connectivity index (χ4n) is 3.23. The number of aryl methyl sites for hydroxylation is 2. The van der Waals surface area contributed by atoms with Crippen LogP contribution in [0.4, 0.5) is 11.4 Å².